The van der Waals surface area contributed by atoms with Gasteiger partial charge in [0.25, 0.3) is 0 Å². The van der Waals surface area contributed by atoms with Crippen molar-refractivity contribution in [2.45, 2.75) is 30.9 Å². The molecule has 6 heteroatoms. The third-order valence-electron chi connectivity index (χ3n) is 3.57. The Labute approximate surface area is 102 Å². The SMILES string of the molecule is O=C(CNCC1CCCS1(=O)=O)N1CCCC1. The Hall–Kier alpha value is -0.620. The molecule has 2 aliphatic heterocycles. The van der Waals surface area contributed by atoms with E-state index in [1.54, 1.807) is 0 Å². The molecule has 1 unspecified atom stereocenters. The maximum absolute atomic E-state index is 11.7. The number of rotatable bonds is 4. The summed E-state index contributed by atoms with van der Waals surface area (Å²) in [5.74, 6) is 0.400. The number of amides is 1. The minimum Gasteiger partial charge on any atom is -0.342 e. The van der Waals surface area contributed by atoms with Crippen molar-refractivity contribution in [3.05, 3.63) is 0 Å². The molecule has 1 atom stereocenters. The highest BCUT2D eigenvalue weighted by molar-refractivity contribution is 7.92. The van der Waals surface area contributed by atoms with Crippen LogP contribution < -0.4 is 5.32 Å². The molecule has 1 amide bonds. The zero-order chi connectivity index (χ0) is 12.3. The van der Waals surface area contributed by atoms with E-state index in [2.05, 4.69) is 5.32 Å². The fourth-order valence-corrected chi connectivity index (χ4v) is 4.31. The normalized spacial score (nSPS) is 27.5. The van der Waals surface area contributed by atoms with Crippen LogP contribution in [0.2, 0.25) is 0 Å². The molecule has 2 rings (SSSR count). The van der Waals surface area contributed by atoms with E-state index in [-0.39, 0.29) is 17.7 Å². The van der Waals surface area contributed by atoms with Gasteiger partial charge in [0.2, 0.25) is 5.91 Å². The highest BCUT2D eigenvalue weighted by Gasteiger charge is 2.30. The summed E-state index contributed by atoms with van der Waals surface area (Å²) in [7, 11) is -2.89. The van der Waals surface area contributed by atoms with E-state index < -0.39 is 9.84 Å². The molecule has 0 spiro atoms. The third-order valence-corrected chi connectivity index (χ3v) is 5.85. The summed E-state index contributed by atoms with van der Waals surface area (Å²) in [6, 6.07) is 0. The molecule has 0 aromatic heterocycles. The summed E-state index contributed by atoms with van der Waals surface area (Å²) in [6.07, 6.45) is 3.66. The van der Waals surface area contributed by atoms with Gasteiger partial charge in [-0.15, -0.1) is 0 Å². The number of hydrogen-bond donors (Lipinski definition) is 1. The summed E-state index contributed by atoms with van der Waals surface area (Å²) in [4.78, 5) is 13.5. The van der Waals surface area contributed by atoms with Crippen molar-refractivity contribution < 1.29 is 13.2 Å². The minimum absolute atomic E-state index is 0.0953. The van der Waals surface area contributed by atoms with E-state index in [1.165, 1.54) is 0 Å². The van der Waals surface area contributed by atoms with Gasteiger partial charge < -0.3 is 10.2 Å². The Balaban J connectivity index is 1.70. The third kappa shape index (κ3) is 3.19. The monoisotopic (exact) mass is 260 g/mol. The van der Waals surface area contributed by atoms with Crippen LogP contribution in [-0.4, -0.2) is 56.4 Å². The molecule has 98 valence electrons. The molecule has 0 radical (unpaired) electrons. The number of nitrogens with zero attached hydrogens (tertiary/aromatic N) is 1. The van der Waals surface area contributed by atoms with Gasteiger partial charge in [0.05, 0.1) is 17.5 Å². The lowest BCUT2D eigenvalue weighted by Gasteiger charge is -2.16. The molecule has 2 fully saturated rings. The molecule has 0 aromatic carbocycles. The number of sulfone groups is 1. The molecule has 2 aliphatic rings. The first kappa shape index (κ1) is 12.8. The van der Waals surface area contributed by atoms with Gasteiger partial charge in [-0.05, 0) is 25.7 Å². The Morgan fingerprint density at radius 3 is 2.53 bits per heavy atom. The van der Waals surface area contributed by atoms with Crippen molar-refractivity contribution in [3.63, 3.8) is 0 Å². The highest BCUT2D eigenvalue weighted by Crippen LogP contribution is 2.18. The molecule has 0 saturated carbocycles. The predicted molar refractivity (Wildman–Crippen MR) is 65.5 cm³/mol. The first-order chi connectivity index (χ1) is 8.09. The second-order valence-electron chi connectivity index (χ2n) is 4.85. The molecule has 0 aromatic rings. The van der Waals surface area contributed by atoms with E-state index in [9.17, 15) is 13.2 Å². The quantitative estimate of drug-likeness (QED) is 0.758. The molecular formula is C11H20N2O3S. The molecule has 2 heterocycles. The van der Waals surface area contributed by atoms with Crippen LogP contribution >= 0.6 is 0 Å². The average Bonchev–Trinajstić information content (AvgIpc) is 2.88. The summed E-state index contributed by atoms with van der Waals surface area (Å²) >= 11 is 0. The maximum Gasteiger partial charge on any atom is 0.236 e. The Bertz CT molecular complexity index is 374. The van der Waals surface area contributed by atoms with Crippen LogP contribution in [0.15, 0.2) is 0 Å². The number of carbonyl (C=O) groups is 1. The van der Waals surface area contributed by atoms with Crippen LogP contribution in [0.4, 0.5) is 0 Å². The number of hydrogen-bond acceptors (Lipinski definition) is 4. The fraction of sp³-hybridized carbons (Fsp3) is 0.909. The van der Waals surface area contributed by atoms with Gasteiger partial charge >= 0.3 is 0 Å². The lowest BCUT2D eigenvalue weighted by atomic mass is 10.2. The van der Waals surface area contributed by atoms with Gasteiger partial charge in [-0.2, -0.15) is 0 Å². The van der Waals surface area contributed by atoms with Crippen LogP contribution in [0.5, 0.6) is 0 Å². The zero-order valence-electron chi connectivity index (χ0n) is 10.0. The van der Waals surface area contributed by atoms with Crippen molar-refractivity contribution in [2.24, 2.45) is 0 Å². The van der Waals surface area contributed by atoms with Crippen molar-refractivity contribution in [1.29, 1.82) is 0 Å². The lowest BCUT2D eigenvalue weighted by Crippen LogP contribution is -2.39. The smallest absolute Gasteiger partial charge is 0.236 e. The lowest BCUT2D eigenvalue weighted by molar-refractivity contribution is -0.129. The van der Waals surface area contributed by atoms with Gasteiger partial charge in [0.1, 0.15) is 0 Å². The summed E-state index contributed by atoms with van der Waals surface area (Å²) in [6.45, 7) is 2.39. The molecule has 2 saturated heterocycles. The van der Waals surface area contributed by atoms with Gasteiger partial charge in [-0.25, -0.2) is 8.42 Å². The van der Waals surface area contributed by atoms with Crippen molar-refractivity contribution in [1.82, 2.24) is 10.2 Å². The van der Waals surface area contributed by atoms with Gasteiger partial charge in [-0.3, -0.25) is 4.79 Å². The second-order valence-corrected chi connectivity index (χ2v) is 7.25. The largest absolute Gasteiger partial charge is 0.342 e. The van der Waals surface area contributed by atoms with E-state index in [0.717, 1.165) is 38.8 Å². The van der Waals surface area contributed by atoms with Gasteiger partial charge in [-0.1, -0.05) is 0 Å². The number of carbonyl (C=O) groups excluding carboxylic acids is 1. The summed E-state index contributed by atoms with van der Waals surface area (Å²) in [5, 5.41) is 2.71. The Morgan fingerprint density at radius 1 is 1.24 bits per heavy atom. The van der Waals surface area contributed by atoms with E-state index in [0.29, 0.717) is 12.3 Å². The average molecular weight is 260 g/mol. The first-order valence-corrected chi connectivity index (χ1v) is 8.01. The number of likely N-dealkylation sites (tertiary alicyclic amines) is 1. The highest BCUT2D eigenvalue weighted by atomic mass is 32.2. The molecule has 5 nitrogen and oxygen atoms in total. The Morgan fingerprint density at radius 2 is 1.94 bits per heavy atom. The van der Waals surface area contributed by atoms with Crippen LogP contribution in [0.25, 0.3) is 0 Å². The molecular weight excluding hydrogens is 240 g/mol. The zero-order valence-corrected chi connectivity index (χ0v) is 10.8. The van der Waals surface area contributed by atoms with E-state index >= 15 is 0 Å². The second kappa shape index (κ2) is 5.35. The van der Waals surface area contributed by atoms with E-state index in [1.807, 2.05) is 4.90 Å². The predicted octanol–water partition coefficient (Wildman–Crippen LogP) is -0.224. The fourth-order valence-electron chi connectivity index (χ4n) is 2.51. The molecule has 17 heavy (non-hydrogen) atoms. The molecule has 1 N–H and O–H groups in total. The van der Waals surface area contributed by atoms with Crippen LogP contribution in [-0.2, 0) is 14.6 Å². The van der Waals surface area contributed by atoms with Crippen molar-refractivity contribution in [2.75, 3.05) is 31.9 Å². The van der Waals surface area contributed by atoms with Gasteiger partial charge in [0, 0.05) is 19.6 Å². The van der Waals surface area contributed by atoms with Gasteiger partial charge in [0.15, 0.2) is 9.84 Å². The summed E-state index contributed by atoms with van der Waals surface area (Å²) in [5.41, 5.74) is 0. The van der Waals surface area contributed by atoms with Crippen LogP contribution in [0.3, 0.4) is 0 Å². The summed E-state index contributed by atoms with van der Waals surface area (Å²) < 4.78 is 23.1. The standard InChI is InChI=1S/C11H20N2O3S/c14-11(13-5-1-2-6-13)9-12-8-10-4-3-7-17(10,15)16/h10,12H,1-9H2. The van der Waals surface area contributed by atoms with Crippen molar-refractivity contribution >= 4 is 15.7 Å². The first-order valence-electron chi connectivity index (χ1n) is 6.30. The van der Waals surface area contributed by atoms with Crippen molar-refractivity contribution in [3.8, 4) is 0 Å². The Kier molecular flexibility index (Phi) is 4.04. The topological polar surface area (TPSA) is 66.5 Å². The maximum atomic E-state index is 11.7. The van der Waals surface area contributed by atoms with Crippen LogP contribution in [0, 0.1) is 0 Å². The van der Waals surface area contributed by atoms with Crippen LogP contribution in [0.1, 0.15) is 25.7 Å². The minimum atomic E-state index is -2.89. The number of nitrogens with one attached hydrogen (secondary N) is 1. The van der Waals surface area contributed by atoms with E-state index in [4.69, 9.17) is 0 Å². The molecule has 0 bridgehead atoms. The molecule has 0 aliphatic carbocycles.